The van der Waals surface area contributed by atoms with E-state index in [-0.39, 0.29) is 5.82 Å². The highest BCUT2D eigenvalue weighted by Crippen LogP contribution is 2.27. The highest BCUT2D eigenvalue weighted by Gasteiger charge is 2.03. The minimum absolute atomic E-state index is 0.272. The van der Waals surface area contributed by atoms with Crippen LogP contribution < -0.4 is 4.74 Å². The third-order valence-electron chi connectivity index (χ3n) is 2.88. The van der Waals surface area contributed by atoms with Crippen molar-refractivity contribution < 1.29 is 18.7 Å². The summed E-state index contributed by atoms with van der Waals surface area (Å²) in [7, 11) is 1.33. The van der Waals surface area contributed by atoms with Gasteiger partial charge in [-0.15, -0.1) is 0 Å². The van der Waals surface area contributed by atoms with E-state index in [0.717, 1.165) is 15.6 Å². The summed E-state index contributed by atoms with van der Waals surface area (Å²) in [5.41, 5.74) is 1.72. The number of ether oxygens (including phenoxy) is 2. The van der Waals surface area contributed by atoms with E-state index in [1.165, 1.54) is 25.3 Å². The molecule has 0 spiro atoms. The van der Waals surface area contributed by atoms with Crippen molar-refractivity contribution in [2.24, 2.45) is 0 Å². The Morgan fingerprint density at radius 3 is 2.59 bits per heavy atom. The van der Waals surface area contributed by atoms with Gasteiger partial charge in [-0.05, 0) is 57.4 Å². The Labute approximate surface area is 136 Å². The number of benzene rings is 2. The van der Waals surface area contributed by atoms with Gasteiger partial charge >= 0.3 is 5.97 Å². The summed E-state index contributed by atoms with van der Waals surface area (Å²) in [6.07, 6.45) is 3.00. The Balaban J connectivity index is 2.02. The van der Waals surface area contributed by atoms with Gasteiger partial charge in [0.05, 0.1) is 11.6 Å². The minimum Gasteiger partial charge on any atom is -0.488 e. The quantitative estimate of drug-likeness (QED) is 0.584. The predicted molar refractivity (Wildman–Crippen MR) is 85.9 cm³/mol. The first-order chi connectivity index (χ1) is 10.6. The number of methoxy groups -OCH3 is 1. The lowest BCUT2D eigenvalue weighted by Crippen LogP contribution is -1.96. The maximum atomic E-state index is 12.8. The van der Waals surface area contributed by atoms with Crippen LogP contribution in [0.15, 0.2) is 53.0 Å². The van der Waals surface area contributed by atoms with Gasteiger partial charge in [0.2, 0.25) is 0 Å². The number of hydrogen-bond donors (Lipinski definition) is 0. The standard InChI is InChI=1S/C17H14BrFO3/c1-21-17(20)9-5-12-4-8-16(15(18)10-12)22-11-13-2-6-14(19)7-3-13/h2-10H,11H2,1H3/b9-5+. The molecule has 2 aromatic rings. The smallest absolute Gasteiger partial charge is 0.330 e. The molecule has 0 saturated heterocycles. The molecule has 0 aliphatic rings. The van der Waals surface area contributed by atoms with Crippen LogP contribution in [0, 0.1) is 5.82 Å². The Morgan fingerprint density at radius 1 is 1.23 bits per heavy atom. The summed E-state index contributed by atoms with van der Waals surface area (Å²) >= 11 is 3.42. The fourth-order valence-corrected chi connectivity index (χ4v) is 2.22. The lowest BCUT2D eigenvalue weighted by Gasteiger charge is -2.09. The molecule has 0 N–H and O–H groups in total. The van der Waals surface area contributed by atoms with Crippen molar-refractivity contribution in [1.82, 2.24) is 0 Å². The summed E-state index contributed by atoms with van der Waals surface area (Å²) in [5, 5.41) is 0. The van der Waals surface area contributed by atoms with E-state index in [9.17, 15) is 9.18 Å². The predicted octanol–water partition coefficient (Wildman–Crippen LogP) is 4.35. The zero-order valence-corrected chi connectivity index (χ0v) is 13.5. The summed E-state index contributed by atoms with van der Waals surface area (Å²) in [4.78, 5) is 11.0. The van der Waals surface area contributed by atoms with Crippen molar-refractivity contribution in [2.75, 3.05) is 7.11 Å². The van der Waals surface area contributed by atoms with Gasteiger partial charge in [-0.1, -0.05) is 18.2 Å². The number of carbonyl (C=O) groups is 1. The Morgan fingerprint density at radius 2 is 1.95 bits per heavy atom. The van der Waals surface area contributed by atoms with Gasteiger partial charge in [-0.25, -0.2) is 9.18 Å². The molecule has 0 fully saturated rings. The van der Waals surface area contributed by atoms with Crippen LogP contribution in [-0.2, 0) is 16.1 Å². The molecule has 0 unspecified atom stereocenters. The first-order valence-electron chi connectivity index (χ1n) is 6.51. The molecule has 0 atom stereocenters. The fraction of sp³-hybridized carbons (Fsp3) is 0.118. The summed E-state index contributed by atoms with van der Waals surface area (Å²) < 4.78 is 23.8. The molecule has 0 aliphatic carbocycles. The number of halogens is 2. The van der Waals surface area contributed by atoms with Crippen molar-refractivity contribution in [1.29, 1.82) is 0 Å². The number of rotatable bonds is 5. The van der Waals surface area contributed by atoms with Crippen molar-refractivity contribution in [2.45, 2.75) is 6.61 Å². The molecule has 2 aromatic carbocycles. The second-order valence-electron chi connectivity index (χ2n) is 4.46. The molecule has 0 aliphatic heterocycles. The van der Waals surface area contributed by atoms with Gasteiger partial charge in [-0.2, -0.15) is 0 Å². The molecule has 22 heavy (non-hydrogen) atoms. The molecule has 0 radical (unpaired) electrons. The average Bonchev–Trinajstić information content (AvgIpc) is 2.53. The van der Waals surface area contributed by atoms with Gasteiger partial charge < -0.3 is 9.47 Å². The third kappa shape index (κ3) is 4.70. The number of hydrogen-bond acceptors (Lipinski definition) is 3. The van der Waals surface area contributed by atoms with E-state index in [0.29, 0.717) is 12.4 Å². The maximum absolute atomic E-state index is 12.8. The highest BCUT2D eigenvalue weighted by atomic mass is 79.9. The van der Waals surface area contributed by atoms with E-state index in [4.69, 9.17) is 4.74 Å². The average molecular weight is 365 g/mol. The molecule has 3 nitrogen and oxygen atoms in total. The van der Waals surface area contributed by atoms with E-state index in [2.05, 4.69) is 20.7 Å². The molecule has 2 rings (SSSR count). The Bertz CT molecular complexity index is 681. The topological polar surface area (TPSA) is 35.5 Å². The molecule has 114 valence electrons. The van der Waals surface area contributed by atoms with Crippen LogP contribution in [0.25, 0.3) is 6.08 Å². The van der Waals surface area contributed by atoms with Gasteiger partial charge in [0.15, 0.2) is 0 Å². The number of carbonyl (C=O) groups excluding carboxylic acids is 1. The molecule has 0 amide bonds. The van der Waals surface area contributed by atoms with Gasteiger partial charge in [0, 0.05) is 6.08 Å². The van der Waals surface area contributed by atoms with Crippen LogP contribution in [0.4, 0.5) is 4.39 Å². The molecule has 0 aromatic heterocycles. The first-order valence-corrected chi connectivity index (χ1v) is 7.30. The van der Waals surface area contributed by atoms with Crippen molar-refractivity contribution in [3.8, 4) is 5.75 Å². The van der Waals surface area contributed by atoms with Crippen LogP contribution in [0.1, 0.15) is 11.1 Å². The summed E-state index contributed by atoms with van der Waals surface area (Å²) in [6.45, 7) is 0.343. The van der Waals surface area contributed by atoms with Crippen molar-refractivity contribution in [3.63, 3.8) is 0 Å². The van der Waals surface area contributed by atoms with Gasteiger partial charge in [-0.3, -0.25) is 0 Å². The van der Waals surface area contributed by atoms with Crippen LogP contribution in [-0.4, -0.2) is 13.1 Å². The second-order valence-corrected chi connectivity index (χ2v) is 5.32. The lowest BCUT2D eigenvalue weighted by atomic mass is 10.2. The van der Waals surface area contributed by atoms with Crippen LogP contribution in [0.2, 0.25) is 0 Å². The largest absolute Gasteiger partial charge is 0.488 e. The van der Waals surface area contributed by atoms with E-state index in [1.807, 2.05) is 12.1 Å². The molecular weight excluding hydrogens is 351 g/mol. The molecule has 0 bridgehead atoms. The SMILES string of the molecule is COC(=O)/C=C/c1ccc(OCc2ccc(F)cc2)c(Br)c1. The van der Waals surface area contributed by atoms with Crippen LogP contribution >= 0.6 is 15.9 Å². The molecular formula is C17H14BrFO3. The van der Waals surface area contributed by atoms with Crippen molar-refractivity contribution in [3.05, 3.63) is 70.0 Å². The minimum atomic E-state index is -0.409. The first kappa shape index (κ1) is 16.2. The number of esters is 1. The van der Waals surface area contributed by atoms with Crippen molar-refractivity contribution >= 4 is 28.0 Å². The zero-order chi connectivity index (χ0) is 15.9. The van der Waals surface area contributed by atoms with Gasteiger partial charge in [0.25, 0.3) is 0 Å². The summed E-state index contributed by atoms with van der Waals surface area (Å²) in [6, 6.07) is 11.6. The van der Waals surface area contributed by atoms with E-state index >= 15 is 0 Å². The zero-order valence-electron chi connectivity index (χ0n) is 11.9. The second kappa shape index (κ2) is 7.75. The normalized spacial score (nSPS) is 10.7. The van der Waals surface area contributed by atoms with Crippen LogP contribution in [0.5, 0.6) is 5.75 Å². The Kier molecular flexibility index (Phi) is 5.72. The lowest BCUT2D eigenvalue weighted by molar-refractivity contribution is -0.134. The molecule has 5 heteroatoms. The maximum Gasteiger partial charge on any atom is 0.330 e. The monoisotopic (exact) mass is 364 g/mol. The van der Waals surface area contributed by atoms with Gasteiger partial charge in [0.1, 0.15) is 18.2 Å². The molecule has 0 heterocycles. The van der Waals surface area contributed by atoms with Crippen LogP contribution in [0.3, 0.4) is 0 Å². The van der Waals surface area contributed by atoms with E-state index in [1.54, 1.807) is 24.3 Å². The molecule has 0 saturated carbocycles. The Hall–Kier alpha value is -2.14. The fourth-order valence-electron chi connectivity index (χ4n) is 1.71. The third-order valence-corrected chi connectivity index (χ3v) is 3.50. The highest BCUT2D eigenvalue weighted by molar-refractivity contribution is 9.10. The summed E-state index contributed by atoms with van der Waals surface area (Å²) in [5.74, 6) is -0.0148. The van der Waals surface area contributed by atoms with E-state index < -0.39 is 5.97 Å².